The largest absolute Gasteiger partial charge is 0.388 e. The van der Waals surface area contributed by atoms with Crippen molar-refractivity contribution in [3.05, 3.63) is 29.3 Å². The van der Waals surface area contributed by atoms with Crippen LogP contribution in [0.15, 0.2) is 18.2 Å². The number of nitriles is 1. The molecule has 0 amide bonds. The number of aryl methyl sites for hydroxylation is 1. The molecular weight excluding hydrogens is 136 g/mol. The quantitative estimate of drug-likeness (QED) is 0.656. The molecule has 0 aromatic heterocycles. The van der Waals surface area contributed by atoms with Gasteiger partial charge in [-0.25, -0.2) is 0 Å². The first-order valence-corrected chi connectivity index (χ1v) is 3.46. The lowest BCUT2D eigenvalue weighted by Crippen LogP contribution is -1.91. The summed E-state index contributed by atoms with van der Waals surface area (Å²) in [5.41, 5.74) is 2.87. The molecule has 2 heteroatoms. The van der Waals surface area contributed by atoms with Crippen LogP contribution in [0.5, 0.6) is 0 Å². The maximum absolute atomic E-state index is 8.57. The van der Waals surface area contributed by atoms with Crippen LogP contribution >= 0.6 is 0 Å². The molecule has 0 aliphatic rings. The molecule has 0 saturated heterocycles. The fraction of sp³-hybridized carbons (Fsp3) is 0.222. The molecule has 0 aliphatic carbocycles. The number of rotatable bonds is 1. The number of nitrogens with zero attached hydrogens (tertiary/aromatic N) is 1. The van der Waals surface area contributed by atoms with Gasteiger partial charge in [0.25, 0.3) is 0 Å². The second-order valence-electron chi connectivity index (χ2n) is 2.39. The standard InChI is InChI=1S/C9H10N2/c1-7-3-4-8(6-10)5-9(7)11-2/h3-5,11H,1-2H3. The van der Waals surface area contributed by atoms with E-state index in [0.29, 0.717) is 5.56 Å². The first-order valence-electron chi connectivity index (χ1n) is 3.46. The van der Waals surface area contributed by atoms with E-state index in [-0.39, 0.29) is 0 Å². The summed E-state index contributed by atoms with van der Waals surface area (Å²) in [5, 5.41) is 11.6. The van der Waals surface area contributed by atoms with Crippen molar-refractivity contribution in [3.8, 4) is 6.07 Å². The number of anilines is 1. The van der Waals surface area contributed by atoms with E-state index in [1.54, 1.807) is 0 Å². The predicted octanol–water partition coefficient (Wildman–Crippen LogP) is 1.91. The summed E-state index contributed by atoms with van der Waals surface area (Å²) in [5.74, 6) is 0. The Hall–Kier alpha value is -1.49. The van der Waals surface area contributed by atoms with Gasteiger partial charge in [-0.2, -0.15) is 5.26 Å². The molecule has 56 valence electrons. The monoisotopic (exact) mass is 146 g/mol. The van der Waals surface area contributed by atoms with Crippen molar-refractivity contribution in [3.63, 3.8) is 0 Å². The van der Waals surface area contributed by atoms with Gasteiger partial charge in [-0.05, 0) is 24.6 Å². The second-order valence-corrected chi connectivity index (χ2v) is 2.39. The minimum atomic E-state index is 0.694. The number of nitrogens with one attached hydrogen (secondary N) is 1. The van der Waals surface area contributed by atoms with Gasteiger partial charge in [-0.1, -0.05) is 6.07 Å². The lowest BCUT2D eigenvalue weighted by Gasteiger charge is -2.03. The maximum atomic E-state index is 8.57. The zero-order chi connectivity index (χ0) is 8.27. The molecule has 1 aromatic rings. The van der Waals surface area contributed by atoms with Gasteiger partial charge >= 0.3 is 0 Å². The Morgan fingerprint density at radius 3 is 2.73 bits per heavy atom. The van der Waals surface area contributed by atoms with Gasteiger partial charge < -0.3 is 5.32 Å². The highest BCUT2D eigenvalue weighted by molar-refractivity contribution is 5.54. The fourth-order valence-electron chi connectivity index (χ4n) is 0.961. The van der Waals surface area contributed by atoms with E-state index in [1.807, 2.05) is 32.2 Å². The minimum Gasteiger partial charge on any atom is -0.388 e. The van der Waals surface area contributed by atoms with E-state index in [9.17, 15) is 0 Å². The molecule has 0 heterocycles. The number of hydrogen-bond acceptors (Lipinski definition) is 2. The minimum absolute atomic E-state index is 0.694. The Morgan fingerprint density at radius 1 is 1.45 bits per heavy atom. The van der Waals surface area contributed by atoms with Gasteiger partial charge in [-0.15, -0.1) is 0 Å². The highest BCUT2D eigenvalue weighted by atomic mass is 14.8. The number of benzene rings is 1. The van der Waals surface area contributed by atoms with Crippen LogP contribution in [-0.4, -0.2) is 7.05 Å². The molecule has 0 bridgehead atoms. The van der Waals surface area contributed by atoms with Crippen LogP contribution in [0.4, 0.5) is 5.69 Å². The summed E-state index contributed by atoms with van der Waals surface area (Å²) in [4.78, 5) is 0. The van der Waals surface area contributed by atoms with E-state index in [4.69, 9.17) is 5.26 Å². The highest BCUT2D eigenvalue weighted by Crippen LogP contribution is 2.14. The van der Waals surface area contributed by atoms with E-state index >= 15 is 0 Å². The van der Waals surface area contributed by atoms with Gasteiger partial charge in [0.1, 0.15) is 0 Å². The number of hydrogen-bond donors (Lipinski definition) is 1. The van der Waals surface area contributed by atoms with Crippen molar-refractivity contribution in [2.75, 3.05) is 12.4 Å². The van der Waals surface area contributed by atoms with Gasteiger partial charge in [0.05, 0.1) is 11.6 Å². The van der Waals surface area contributed by atoms with Gasteiger partial charge in [0.2, 0.25) is 0 Å². The molecule has 0 spiro atoms. The zero-order valence-corrected chi connectivity index (χ0v) is 6.68. The summed E-state index contributed by atoms with van der Waals surface area (Å²) in [6, 6.07) is 7.68. The van der Waals surface area contributed by atoms with Crippen LogP contribution < -0.4 is 5.32 Å². The molecule has 0 unspecified atom stereocenters. The molecule has 2 nitrogen and oxygen atoms in total. The van der Waals surface area contributed by atoms with Crippen LogP contribution in [0, 0.1) is 18.3 Å². The topological polar surface area (TPSA) is 35.8 Å². The lowest BCUT2D eigenvalue weighted by molar-refractivity contribution is 1.38. The third kappa shape index (κ3) is 1.50. The summed E-state index contributed by atoms with van der Waals surface area (Å²) in [6.07, 6.45) is 0. The average Bonchev–Trinajstić information content (AvgIpc) is 2.05. The van der Waals surface area contributed by atoms with Gasteiger partial charge in [0.15, 0.2) is 0 Å². The van der Waals surface area contributed by atoms with E-state index < -0.39 is 0 Å². The van der Waals surface area contributed by atoms with Crippen LogP contribution in [0.1, 0.15) is 11.1 Å². The van der Waals surface area contributed by atoms with Crippen molar-refractivity contribution in [1.29, 1.82) is 5.26 Å². The van der Waals surface area contributed by atoms with Crippen LogP contribution in [0.25, 0.3) is 0 Å². The summed E-state index contributed by atoms with van der Waals surface area (Å²) >= 11 is 0. The van der Waals surface area contributed by atoms with Crippen molar-refractivity contribution in [2.45, 2.75) is 6.92 Å². The SMILES string of the molecule is CNc1cc(C#N)ccc1C. The van der Waals surface area contributed by atoms with Crippen molar-refractivity contribution < 1.29 is 0 Å². The van der Waals surface area contributed by atoms with Crippen molar-refractivity contribution >= 4 is 5.69 Å². The van der Waals surface area contributed by atoms with Crippen molar-refractivity contribution in [1.82, 2.24) is 0 Å². The Morgan fingerprint density at radius 2 is 2.18 bits per heavy atom. The van der Waals surface area contributed by atoms with Gasteiger partial charge in [-0.3, -0.25) is 0 Å². The Balaban J connectivity index is 3.15. The summed E-state index contributed by atoms with van der Waals surface area (Å²) in [6.45, 7) is 2.01. The normalized spacial score (nSPS) is 8.82. The average molecular weight is 146 g/mol. The summed E-state index contributed by atoms with van der Waals surface area (Å²) < 4.78 is 0. The van der Waals surface area contributed by atoms with E-state index in [0.717, 1.165) is 11.3 Å². The molecular formula is C9H10N2. The first-order chi connectivity index (χ1) is 5.27. The smallest absolute Gasteiger partial charge is 0.0992 e. The second kappa shape index (κ2) is 3.07. The molecule has 0 aliphatic heterocycles. The van der Waals surface area contributed by atoms with Crippen LogP contribution in [-0.2, 0) is 0 Å². The molecule has 11 heavy (non-hydrogen) atoms. The molecule has 1 N–H and O–H groups in total. The molecule has 0 saturated carbocycles. The lowest BCUT2D eigenvalue weighted by atomic mass is 10.1. The molecule has 1 rings (SSSR count). The third-order valence-corrected chi connectivity index (χ3v) is 1.64. The molecule has 0 fully saturated rings. The van der Waals surface area contributed by atoms with E-state index in [1.165, 1.54) is 0 Å². The Bertz CT molecular complexity index is 297. The highest BCUT2D eigenvalue weighted by Gasteiger charge is 1.95. The molecule has 0 radical (unpaired) electrons. The van der Waals surface area contributed by atoms with Gasteiger partial charge in [0, 0.05) is 12.7 Å². The Labute approximate surface area is 66.5 Å². The molecule has 0 atom stereocenters. The molecule has 1 aromatic carbocycles. The Kier molecular flexibility index (Phi) is 2.12. The summed E-state index contributed by atoms with van der Waals surface area (Å²) in [7, 11) is 1.85. The zero-order valence-electron chi connectivity index (χ0n) is 6.68. The van der Waals surface area contributed by atoms with E-state index in [2.05, 4.69) is 11.4 Å². The first kappa shape index (κ1) is 7.62. The maximum Gasteiger partial charge on any atom is 0.0992 e. The van der Waals surface area contributed by atoms with Crippen molar-refractivity contribution in [2.24, 2.45) is 0 Å². The van der Waals surface area contributed by atoms with Crippen LogP contribution in [0.2, 0.25) is 0 Å². The third-order valence-electron chi connectivity index (χ3n) is 1.64. The predicted molar refractivity (Wildman–Crippen MR) is 45.4 cm³/mol. The van der Waals surface area contributed by atoms with Crippen LogP contribution in [0.3, 0.4) is 0 Å². The fourth-order valence-corrected chi connectivity index (χ4v) is 0.961.